The molecule has 0 radical (unpaired) electrons. The van der Waals surface area contributed by atoms with Crippen molar-refractivity contribution in [3.05, 3.63) is 143 Å². The van der Waals surface area contributed by atoms with Crippen LogP contribution in [0.25, 0.3) is 16.9 Å². The lowest BCUT2D eigenvalue weighted by molar-refractivity contribution is 0.0950. The second-order valence-electron chi connectivity index (χ2n) is 9.87. The molecule has 0 unspecified atom stereocenters. The van der Waals surface area contributed by atoms with E-state index in [-0.39, 0.29) is 5.91 Å². The van der Waals surface area contributed by atoms with Crippen LogP contribution in [0.4, 0.5) is 5.82 Å². The summed E-state index contributed by atoms with van der Waals surface area (Å²) in [7, 11) is 0. The van der Waals surface area contributed by atoms with E-state index in [0.29, 0.717) is 29.4 Å². The number of benzene rings is 4. The van der Waals surface area contributed by atoms with E-state index in [1.54, 1.807) is 22.8 Å². The molecule has 0 aliphatic carbocycles. The fourth-order valence-corrected chi connectivity index (χ4v) is 4.82. The summed E-state index contributed by atoms with van der Waals surface area (Å²) in [6.07, 6.45) is 1.81. The maximum absolute atomic E-state index is 12.8. The largest absolute Gasteiger partial charge is 0.457 e. The van der Waals surface area contributed by atoms with Crippen LogP contribution in [-0.4, -0.2) is 20.5 Å². The molecule has 0 aliphatic heterocycles. The molecule has 6 aromatic rings. The van der Waals surface area contributed by atoms with E-state index in [1.807, 2.05) is 104 Å². The van der Waals surface area contributed by atoms with Crippen LogP contribution in [0.3, 0.4) is 0 Å². The van der Waals surface area contributed by atoms with Crippen molar-refractivity contribution in [2.45, 2.75) is 20.0 Å². The average molecular weight is 574 g/mol. The zero-order valence-electron chi connectivity index (χ0n) is 22.9. The number of carbonyl (C=O) groups excluding carboxylic acids is 1. The second kappa shape index (κ2) is 12.2. The minimum Gasteiger partial charge on any atom is -0.457 e. The van der Waals surface area contributed by atoms with Gasteiger partial charge in [0.2, 0.25) is 0 Å². The molecule has 4 aromatic carbocycles. The highest BCUT2D eigenvalue weighted by molar-refractivity contribution is 6.33. The summed E-state index contributed by atoms with van der Waals surface area (Å²) in [6.45, 7) is 2.98. The van der Waals surface area contributed by atoms with E-state index in [4.69, 9.17) is 21.3 Å². The molecule has 0 atom stereocenters. The van der Waals surface area contributed by atoms with Crippen molar-refractivity contribution in [3.8, 4) is 22.8 Å². The number of rotatable bonds is 9. The van der Waals surface area contributed by atoms with Crippen LogP contribution in [-0.2, 0) is 13.1 Å². The Morgan fingerprint density at radius 3 is 2.33 bits per heavy atom. The maximum Gasteiger partial charge on any atom is 0.251 e. The van der Waals surface area contributed by atoms with Crippen LogP contribution in [0, 0.1) is 6.92 Å². The van der Waals surface area contributed by atoms with Gasteiger partial charge in [-0.15, -0.1) is 0 Å². The van der Waals surface area contributed by atoms with Crippen molar-refractivity contribution >= 4 is 29.0 Å². The first-order chi connectivity index (χ1) is 20.5. The number of aryl methyl sites for hydroxylation is 1. The second-order valence-corrected chi connectivity index (χ2v) is 10.3. The Morgan fingerprint density at radius 2 is 1.55 bits per heavy atom. The van der Waals surface area contributed by atoms with Crippen molar-refractivity contribution in [1.82, 2.24) is 19.9 Å². The van der Waals surface area contributed by atoms with E-state index in [0.717, 1.165) is 45.2 Å². The number of anilines is 1. The summed E-state index contributed by atoms with van der Waals surface area (Å²) >= 11 is 6.47. The van der Waals surface area contributed by atoms with Crippen LogP contribution in [0.1, 0.15) is 27.0 Å². The molecule has 1 amide bonds. The van der Waals surface area contributed by atoms with E-state index < -0.39 is 0 Å². The van der Waals surface area contributed by atoms with Gasteiger partial charge in [-0.05, 0) is 54.4 Å². The van der Waals surface area contributed by atoms with Gasteiger partial charge < -0.3 is 15.4 Å². The molecule has 0 aliphatic rings. The van der Waals surface area contributed by atoms with Crippen molar-refractivity contribution in [2.24, 2.45) is 0 Å². The molecule has 7 nitrogen and oxygen atoms in total. The summed E-state index contributed by atoms with van der Waals surface area (Å²) in [5.41, 5.74) is 6.03. The van der Waals surface area contributed by atoms with Gasteiger partial charge in [-0.2, -0.15) is 9.61 Å². The minimum atomic E-state index is -0.162. The lowest BCUT2D eigenvalue weighted by atomic mass is 10.1. The van der Waals surface area contributed by atoms with E-state index in [9.17, 15) is 4.79 Å². The fourth-order valence-electron chi connectivity index (χ4n) is 4.58. The fraction of sp³-hybridized carbons (Fsp3) is 0.0882. The summed E-state index contributed by atoms with van der Waals surface area (Å²) in [5.74, 6) is 1.99. The van der Waals surface area contributed by atoms with Gasteiger partial charge >= 0.3 is 0 Å². The smallest absolute Gasteiger partial charge is 0.251 e. The number of fused-ring (bicyclic) bond motifs is 1. The molecule has 0 bridgehead atoms. The van der Waals surface area contributed by atoms with Crippen molar-refractivity contribution in [2.75, 3.05) is 5.32 Å². The molecule has 0 saturated carbocycles. The highest BCUT2D eigenvalue weighted by atomic mass is 35.5. The zero-order chi connectivity index (χ0) is 28.9. The first-order valence-electron chi connectivity index (χ1n) is 13.6. The van der Waals surface area contributed by atoms with Gasteiger partial charge in [0.1, 0.15) is 17.3 Å². The van der Waals surface area contributed by atoms with Gasteiger partial charge in [0.15, 0.2) is 5.65 Å². The summed E-state index contributed by atoms with van der Waals surface area (Å²) in [5, 5.41) is 11.6. The average Bonchev–Trinajstić information content (AvgIpc) is 3.40. The van der Waals surface area contributed by atoms with Crippen molar-refractivity contribution < 1.29 is 9.53 Å². The Kier molecular flexibility index (Phi) is 7.83. The SMILES string of the molecule is Cc1cnn2c(NCc3ccc(CNC(=O)c4cccc(Oc5ccccc5)c4)cc3)cc(-c3ccccc3Cl)nc12. The highest BCUT2D eigenvalue weighted by Gasteiger charge is 2.13. The minimum absolute atomic E-state index is 0.162. The predicted octanol–water partition coefficient (Wildman–Crippen LogP) is 7.69. The molecule has 2 aromatic heterocycles. The number of para-hydroxylation sites is 1. The van der Waals surface area contributed by atoms with Crippen LogP contribution in [0.2, 0.25) is 5.02 Å². The molecule has 8 heteroatoms. The van der Waals surface area contributed by atoms with Gasteiger partial charge in [0.25, 0.3) is 5.91 Å². The molecule has 208 valence electrons. The lowest BCUT2D eigenvalue weighted by Crippen LogP contribution is -2.22. The normalized spacial score (nSPS) is 10.9. The van der Waals surface area contributed by atoms with Crippen LogP contribution in [0.5, 0.6) is 11.5 Å². The molecule has 42 heavy (non-hydrogen) atoms. The Labute approximate surface area is 248 Å². The van der Waals surface area contributed by atoms with Crippen molar-refractivity contribution in [1.29, 1.82) is 0 Å². The molecular weight excluding hydrogens is 546 g/mol. The standard InChI is InChI=1S/C34H28ClN5O2/c1-23-20-38-40-32(19-31(39-33(23)40)29-12-5-6-13-30(29)35)36-21-24-14-16-25(17-15-24)22-37-34(41)26-8-7-11-28(18-26)42-27-9-3-2-4-10-27/h2-20,36H,21-22H2,1H3,(H,37,41). The number of nitrogens with one attached hydrogen (secondary N) is 2. The molecule has 0 spiro atoms. The van der Waals surface area contributed by atoms with Gasteiger partial charge in [-0.25, -0.2) is 4.98 Å². The molecule has 6 rings (SSSR count). The van der Waals surface area contributed by atoms with Crippen LogP contribution in [0.15, 0.2) is 115 Å². The molecular formula is C34H28ClN5O2. The number of nitrogens with zero attached hydrogens (tertiary/aromatic N) is 3. The van der Waals surface area contributed by atoms with Crippen LogP contribution < -0.4 is 15.4 Å². The Bertz CT molecular complexity index is 1850. The number of aromatic nitrogens is 3. The number of amides is 1. The van der Waals surface area contributed by atoms with Crippen LogP contribution >= 0.6 is 11.6 Å². The number of hydrogen-bond donors (Lipinski definition) is 2. The Hall–Kier alpha value is -5.14. The van der Waals surface area contributed by atoms with Gasteiger partial charge in [0, 0.05) is 40.9 Å². The summed E-state index contributed by atoms with van der Waals surface area (Å²) in [4.78, 5) is 17.6. The van der Waals surface area contributed by atoms with Gasteiger partial charge in [0.05, 0.1) is 11.9 Å². The van der Waals surface area contributed by atoms with Gasteiger partial charge in [-0.3, -0.25) is 4.79 Å². The number of carbonyl (C=O) groups is 1. The third kappa shape index (κ3) is 6.11. The van der Waals surface area contributed by atoms with Gasteiger partial charge in [-0.1, -0.05) is 78.3 Å². The molecule has 0 saturated heterocycles. The van der Waals surface area contributed by atoms with E-state index in [1.165, 1.54) is 0 Å². The third-order valence-corrected chi connectivity index (χ3v) is 7.15. The quantitative estimate of drug-likeness (QED) is 0.185. The van der Waals surface area contributed by atoms with Crippen molar-refractivity contribution in [3.63, 3.8) is 0 Å². The van der Waals surface area contributed by atoms with E-state index >= 15 is 0 Å². The highest BCUT2D eigenvalue weighted by Crippen LogP contribution is 2.29. The topological polar surface area (TPSA) is 80.5 Å². The third-order valence-electron chi connectivity index (χ3n) is 6.82. The summed E-state index contributed by atoms with van der Waals surface area (Å²) in [6, 6.07) is 34.4. The zero-order valence-corrected chi connectivity index (χ0v) is 23.7. The maximum atomic E-state index is 12.8. The Morgan fingerprint density at radius 1 is 0.833 bits per heavy atom. The summed E-state index contributed by atoms with van der Waals surface area (Å²) < 4.78 is 7.66. The number of halogens is 1. The molecule has 0 fully saturated rings. The monoisotopic (exact) mass is 573 g/mol. The first-order valence-corrected chi connectivity index (χ1v) is 13.9. The lowest BCUT2D eigenvalue weighted by Gasteiger charge is -2.12. The number of hydrogen-bond acceptors (Lipinski definition) is 5. The molecule has 2 heterocycles. The first kappa shape index (κ1) is 27.1. The molecule has 2 N–H and O–H groups in total. The number of ether oxygens (including phenoxy) is 1. The van der Waals surface area contributed by atoms with E-state index in [2.05, 4.69) is 15.7 Å². The Balaban J connectivity index is 1.09. The predicted molar refractivity (Wildman–Crippen MR) is 166 cm³/mol.